The van der Waals surface area contributed by atoms with Crippen molar-refractivity contribution in [3.63, 3.8) is 0 Å². The van der Waals surface area contributed by atoms with Crippen molar-refractivity contribution in [3.05, 3.63) is 46.5 Å². The van der Waals surface area contributed by atoms with Crippen molar-refractivity contribution in [2.45, 2.75) is 33.0 Å². The molecule has 1 atom stereocenters. The molecule has 0 aliphatic heterocycles. The third kappa shape index (κ3) is 3.41. The van der Waals surface area contributed by atoms with Crippen molar-refractivity contribution in [2.75, 3.05) is 7.05 Å². The first-order chi connectivity index (χ1) is 9.65. The van der Waals surface area contributed by atoms with Crippen molar-refractivity contribution < 1.29 is 4.74 Å². The minimum absolute atomic E-state index is 0.240. The SMILES string of the molecule is CCn1ccnc1COc1cc(Br)ccc1C(C)NC. The van der Waals surface area contributed by atoms with Gasteiger partial charge in [-0.05, 0) is 33.0 Å². The van der Waals surface area contributed by atoms with E-state index in [4.69, 9.17) is 4.74 Å². The first-order valence-electron chi connectivity index (χ1n) is 6.75. The highest BCUT2D eigenvalue weighted by atomic mass is 79.9. The average molecular weight is 338 g/mol. The minimum atomic E-state index is 0.240. The number of rotatable bonds is 6. The first-order valence-corrected chi connectivity index (χ1v) is 7.54. The quantitative estimate of drug-likeness (QED) is 0.876. The molecular weight excluding hydrogens is 318 g/mol. The number of nitrogens with one attached hydrogen (secondary N) is 1. The van der Waals surface area contributed by atoms with Gasteiger partial charge in [-0.1, -0.05) is 22.0 Å². The van der Waals surface area contributed by atoms with Crippen LogP contribution in [0.3, 0.4) is 0 Å². The van der Waals surface area contributed by atoms with Crippen molar-refractivity contribution in [1.82, 2.24) is 14.9 Å². The number of hydrogen-bond acceptors (Lipinski definition) is 3. The lowest BCUT2D eigenvalue weighted by atomic mass is 10.1. The fraction of sp³-hybridized carbons (Fsp3) is 0.400. The molecule has 0 aliphatic carbocycles. The Morgan fingerprint density at radius 3 is 2.95 bits per heavy atom. The van der Waals surface area contributed by atoms with Gasteiger partial charge in [0.2, 0.25) is 0 Å². The van der Waals surface area contributed by atoms with Crippen LogP contribution in [-0.4, -0.2) is 16.6 Å². The Morgan fingerprint density at radius 2 is 2.25 bits per heavy atom. The van der Waals surface area contributed by atoms with Crippen molar-refractivity contribution in [2.24, 2.45) is 0 Å². The normalized spacial score (nSPS) is 12.4. The number of halogens is 1. The van der Waals surface area contributed by atoms with E-state index in [-0.39, 0.29) is 6.04 Å². The highest BCUT2D eigenvalue weighted by molar-refractivity contribution is 9.10. The van der Waals surface area contributed by atoms with Crippen LogP contribution in [0.15, 0.2) is 35.1 Å². The Labute approximate surface area is 128 Å². The van der Waals surface area contributed by atoms with Crippen LogP contribution >= 0.6 is 15.9 Å². The summed E-state index contributed by atoms with van der Waals surface area (Å²) < 4.78 is 9.07. The molecule has 5 heteroatoms. The van der Waals surface area contributed by atoms with Crippen LogP contribution in [0.25, 0.3) is 0 Å². The van der Waals surface area contributed by atoms with E-state index in [1.807, 2.05) is 25.4 Å². The van der Waals surface area contributed by atoms with Crippen molar-refractivity contribution in [3.8, 4) is 5.75 Å². The summed E-state index contributed by atoms with van der Waals surface area (Å²) in [5.41, 5.74) is 1.14. The van der Waals surface area contributed by atoms with Crippen LogP contribution in [0.1, 0.15) is 31.3 Å². The van der Waals surface area contributed by atoms with E-state index in [2.05, 4.69) is 50.7 Å². The largest absolute Gasteiger partial charge is 0.485 e. The average Bonchev–Trinajstić information content (AvgIpc) is 2.91. The van der Waals surface area contributed by atoms with E-state index in [1.165, 1.54) is 0 Å². The predicted molar refractivity (Wildman–Crippen MR) is 83.8 cm³/mol. The predicted octanol–water partition coefficient (Wildman–Crippen LogP) is 3.52. The number of benzene rings is 1. The third-order valence-corrected chi connectivity index (χ3v) is 3.87. The number of hydrogen-bond donors (Lipinski definition) is 1. The van der Waals surface area contributed by atoms with Gasteiger partial charge >= 0.3 is 0 Å². The number of aryl methyl sites for hydroxylation is 1. The lowest BCUT2D eigenvalue weighted by Crippen LogP contribution is -2.14. The van der Waals surface area contributed by atoms with Crippen molar-refractivity contribution >= 4 is 15.9 Å². The molecular formula is C15H20BrN3O. The highest BCUT2D eigenvalue weighted by Crippen LogP contribution is 2.29. The molecule has 0 saturated carbocycles. The number of imidazole rings is 1. The summed E-state index contributed by atoms with van der Waals surface area (Å²) in [6.07, 6.45) is 3.77. The molecule has 0 saturated heterocycles. The molecule has 2 aromatic rings. The molecule has 4 nitrogen and oxygen atoms in total. The molecule has 0 radical (unpaired) electrons. The summed E-state index contributed by atoms with van der Waals surface area (Å²) in [5.74, 6) is 1.82. The Bertz CT molecular complexity index is 568. The summed E-state index contributed by atoms with van der Waals surface area (Å²) in [5, 5.41) is 3.24. The summed E-state index contributed by atoms with van der Waals surface area (Å²) in [4.78, 5) is 4.33. The molecule has 0 fully saturated rings. The van der Waals surface area contributed by atoms with Gasteiger partial charge in [0, 0.05) is 35.0 Å². The maximum Gasteiger partial charge on any atom is 0.146 e. The van der Waals surface area contributed by atoms with Gasteiger partial charge in [-0.25, -0.2) is 4.98 Å². The zero-order chi connectivity index (χ0) is 14.5. The fourth-order valence-electron chi connectivity index (χ4n) is 2.06. The summed E-state index contributed by atoms with van der Waals surface area (Å²) in [6.45, 7) is 5.58. The molecule has 0 aliphatic rings. The molecule has 20 heavy (non-hydrogen) atoms. The van der Waals surface area contributed by atoms with Gasteiger partial charge in [-0.15, -0.1) is 0 Å². The van der Waals surface area contributed by atoms with E-state index < -0.39 is 0 Å². The van der Waals surface area contributed by atoms with Gasteiger partial charge in [-0.3, -0.25) is 0 Å². The zero-order valence-electron chi connectivity index (χ0n) is 12.1. The molecule has 1 heterocycles. The number of aromatic nitrogens is 2. The van der Waals surface area contributed by atoms with E-state index >= 15 is 0 Å². The van der Waals surface area contributed by atoms with E-state index in [0.29, 0.717) is 6.61 Å². The van der Waals surface area contributed by atoms with Crippen LogP contribution in [0, 0.1) is 0 Å². The molecule has 0 amide bonds. The molecule has 2 rings (SSSR count). The maximum atomic E-state index is 5.97. The minimum Gasteiger partial charge on any atom is -0.485 e. The van der Waals surface area contributed by atoms with E-state index in [0.717, 1.165) is 28.2 Å². The maximum absolute atomic E-state index is 5.97. The summed E-state index contributed by atoms with van der Waals surface area (Å²) >= 11 is 3.49. The highest BCUT2D eigenvalue weighted by Gasteiger charge is 2.12. The smallest absolute Gasteiger partial charge is 0.146 e. The van der Waals surface area contributed by atoms with Crippen LogP contribution in [0.5, 0.6) is 5.75 Å². The standard InChI is InChI=1S/C15H20BrN3O/c1-4-19-8-7-18-15(19)10-20-14-9-12(16)5-6-13(14)11(2)17-3/h5-9,11,17H,4,10H2,1-3H3. The molecule has 1 aromatic heterocycles. The summed E-state index contributed by atoms with van der Waals surface area (Å²) in [6, 6.07) is 6.35. The zero-order valence-corrected chi connectivity index (χ0v) is 13.6. The third-order valence-electron chi connectivity index (χ3n) is 3.37. The van der Waals surface area contributed by atoms with Gasteiger partial charge in [0.05, 0.1) is 0 Å². The molecule has 0 spiro atoms. The Hall–Kier alpha value is -1.33. The van der Waals surface area contributed by atoms with Crippen LogP contribution in [0.2, 0.25) is 0 Å². The van der Waals surface area contributed by atoms with Gasteiger partial charge in [0.25, 0.3) is 0 Å². The van der Waals surface area contributed by atoms with Gasteiger partial charge in [-0.2, -0.15) is 0 Å². The lowest BCUT2D eigenvalue weighted by molar-refractivity contribution is 0.284. The second kappa shape index (κ2) is 6.90. The molecule has 108 valence electrons. The van der Waals surface area contributed by atoms with Gasteiger partial charge in [0.1, 0.15) is 18.2 Å². The summed E-state index contributed by atoms with van der Waals surface area (Å²) in [7, 11) is 1.94. The van der Waals surface area contributed by atoms with Crippen molar-refractivity contribution in [1.29, 1.82) is 0 Å². The van der Waals surface area contributed by atoms with E-state index in [1.54, 1.807) is 6.20 Å². The van der Waals surface area contributed by atoms with Crippen LogP contribution < -0.4 is 10.1 Å². The Morgan fingerprint density at radius 1 is 1.45 bits per heavy atom. The monoisotopic (exact) mass is 337 g/mol. The molecule has 1 unspecified atom stereocenters. The number of nitrogens with zero attached hydrogens (tertiary/aromatic N) is 2. The van der Waals surface area contributed by atoms with Gasteiger partial charge in [0.15, 0.2) is 0 Å². The van der Waals surface area contributed by atoms with E-state index in [9.17, 15) is 0 Å². The van der Waals surface area contributed by atoms with Crippen LogP contribution in [0.4, 0.5) is 0 Å². The Kier molecular flexibility index (Phi) is 5.20. The Balaban J connectivity index is 2.18. The second-order valence-electron chi connectivity index (χ2n) is 4.61. The van der Waals surface area contributed by atoms with Gasteiger partial charge < -0.3 is 14.6 Å². The lowest BCUT2D eigenvalue weighted by Gasteiger charge is -2.17. The van der Waals surface area contributed by atoms with Crippen LogP contribution in [-0.2, 0) is 13.2 Å². The second-order valence-corrected chi connectivity index (χ2v) is 5.53. The topological polar surface area (TPSA) is 39.1 Å². The molecule has 1 N–H and O–H groups in total. The first kappa shape index (κ1) is 15.1. The fourth-order valence-corrected chi connectivity index (χ4v) is 2.40. The number of ether oxygens (including phenoxy) is 1. The molecule has 0 bridgehead atoms. The molecule has 1 aromatic carbocycles.